The van der Waals surface area contributed by atoms with E-state index in [0.717, 1.165) is 36.1 Å². The van der Waals surface area contributed by atoms with Crippen LogP contribution in [0, 0.1) is 31.6 Å². The summed E-state index contributed by atoms with van der Waals surface area (Å²) in [6.07, 6.45) is 9.50. The van der Waals surface area contributed by atoms with Crippen LogP contribution in [-0.2, 0) is 11.2 Å². The molecule has 0 aliphatic heterocycles. The fourth-order valence-corrected chi connectivity index (χ4v) is 7.06. The molecule has 0 radical (unpaired) electrons. The third-order valence-electron chi connectivity index (χ3n) is 9.23. The van der Waals surface area contributed by atoms with Gasteiger partial charge in [-0.3, -0.25) is 9.52 Å². The van der Waals surface area contributed by atoms with Gasteiger partial charge >= 0.3 is 5.97 Å². The molecule has 1 fully saturated rings. The predicted octanol–water partition coefficient (Wildman–Crippen LogP) is 11.3. The quantitative estimate of drug-likeness (QED) is 0.0676. The summed E-state index contributed by atoms with van der Waals surface area (Å²) in [6.45, 7) is 22.2. The van der Waals surface area contributed by atoms with Gasteiger partial charge in [0, 0.05) is 34.3 Å². The van der Waals surface area contributed by atoms with Gasteiger partial charge in [-0.2, -0.15) is 0 Å². The summed E-state index contributed by atoms with van der Waals surface area (Å²) in [4.78, 5) is 28.1. The molecule has 4 rings (SSSR count). The molecule has 276 valence electrons. The maximum atomic E-state index is 13.0. The first-order valence-corrected chi connectivity index (χ1v) is 19.9. The van der Waals surface area contributed by atoms with Crippen molar-refractivity contribution in [2.24, 2.45) is 17.8 Å². The standard InChI is InChI=1S/C32H41BrN2O4S.C11H16/c1-7-10-11-29(39-32(37)23-12-15-25(33)16-13-23)26-18-22(6)27(26)20-35(8-2)28-19-24(14-17-30(28)38-9-3)31(36)34-40-21(4)5;1-4-5-11-8-9(2)6-7-10(11)3/h9-17,19,21-22,26-27,29H,3,7-8,18,20H2,1-2,4-6H3,(H,34,36);6-8H,4-5H2,1-3H3/b11-10+;. The molecule has 1 amide bonds. The number of anilines is 1. The van der Waals surface area contributed by atoms with E-state index in [9.17, 15) is 9.59 Å². The van der Waals surface area contributed by atoms with E-state index in [4.69, 9.17) is 9.47 Å². The summed E-state index contributed by atoms with van der Waals surface area (Å²) in [5.74, 6) is 1.13. The van der Waals surface area contributed by atoms with Crippen LogP contribution in [0.2, 0.25) is 0 Å². The van der Waals surface area contributed by atoms with Crippen LogP contribution in [0.3, 0.4) is 0 Å². The number of allylic oxidation sites excluding steroid dienone is 1. The largest absolute Gasteiger partial charge is 0.463 e. The van der Waals surface area contributed by atoms with Gasteiger partial charge in [-0.15, -0.1) is 0 Å². The number of esters is 1. The zero-order valence-electron chi connectivity index (χ0n) is 31.7. The zero-order chi connectivity index (χ0) is 37.5. The molecule has 3 aromatic rings. The van der Waals surface area contributed by atoms with Crippen molar-refractivity contribution in [2.75, 3.05) is 18.0 Å². The second-order valence-corrected chi connectivity index (χ2v) is 15.8. The first-order valence-electron chi connectivity index (χ1n) is 18.2. The molecule has 3 aromatic carbocycles. The van der Waals surface area contributed by atoms with Gasteiger partial charge in [0.1, 0.15) is 11.9 Å². The highest BCUT2D eigenvalue weighted by Crippen LogP contribution is 2.45. The number of carbonyl (C=O) groups is 2. The fraction of sp³-hybridized carbons (Fsp3) is 0.442. The number of rotatable bonds is 16. The van der Waals surface area contributed by atoms with Crippen LogP contribution >= 0.6 is 27.9 Å². The Labute approximate surface area is 319 Å². The first kappa shape index (κ1) is 41.9. The molecule has 1 aliphatic carbocycles. The van der Waals surface area contributed by atoms with Crippen molar-refractivity contribution in [3.8, 4) is 5.75 Å². The van der Waals surface area contributed by atoms with Crippen molar-refractivity contribution in [3.05, 3.63) is 118 Å². The number of nitrogens with zero attached hydrogens (tertiary/aromatic N) is 1. The molecule has 4 atom stereocenters. The van der Waals surface area contributed by atoms with Gasteiger partial charge in [0.05, 0.1) is 17.5 Å². The number of halogens is 1. The van der Waals surface area contributed by atoms with Crippen molar-refractivity contribution >= 4 is 45.4 Å². The minimum Gasteiger partial charge on any atom is -0.463 e. The maximum Gasteiger partial charge on any atom is 0.338 e. The van der Waals surface area contributed by atoms with Gasteiger partial charge in [0.15, 0.2) is 0 Å². The Kier molecular flexibility index (Phi) is 17.4. The monoisotopic (exact) mass is 776 g/mol. The second kappa shape index (κ2) is 21.1. The van der Waals surface area contributed by atoms with Gasteiger partial charge in [-0.1, -0.05) is 93.4 Å². The van der Waals surface area contributed by atoms with Crippen LogP contribution in [0.25, 0.3) is 0 Å². The Morgan fingerprint density at radius 1 is 1.04 bits per heavy atom. The minimum absolute atomic E-state index is 0.138. The van der Waals surface area contributed by atoms with Crippen molar-refractivity contribution in [3.63, 3.8) is 0 Å². The lowest BCUT2D eigenvalue weighted by Crippen LogP contribution is -2.49. The zero-order valence-corrected chi connectivity index (χ0v) is 34.1. The number of ether oxygens (including phenoxy) is 2. The molecule has 4 unspecified atom stereocenters. The summed E-state index contributed by atoms with van der Waals surface area (Å²) in [7, 11) is 0. The average Bonchev–Trinajstić information content (AvgIpc) is 3.11. The summed E-state index contributed by atoms with van der Waals surface area (Å²) in [5, 5.41) is 0.281. The van der Waals surface area contributed by atoms with Crippen LogP contribution in [0.1, 0.15) is 98.2 Å². The Morgan fingerprint density at radius 3 is 2.35 bits per heavy atom. The lowest BCUT2D eigenvalue weighted by molar-refractivity contribution is -0.0254. The van der Waals surface area contributed by atoms with E-state index in [1.54, 1.807) is 18.2 Å². The van der Waals surface area contributed by atoms with E-state index in [0.29, 0.717) is 22.8 Å². The number of carbonyl (C=O) groups excluding carboxylic acids is 2. The number of aryl methyl sites for hydroxylation is 3. The van der Waals surface area contributed by atoms with Crippen LogP contribution < -0.4 is 14.4 Å². The van der Waals surface area contributed by atoms with Crippen LogP contribution in [0.15, 0.2) is 90.1 Å². The van der Waals surface area contributed by atoms with E-state index in [2.05, 4.69) is 97.9 Å². The summed E-state index contributed by atoms with van der Waals surface area (Å²) in [5.41, 5.74) is 6.26. The Balaban J connectivity index is 0.000000542. The van der Waals surface area contributed by atoms with Crippen molar-refractivity contribution in [1.29, 1.82) is 0 Å². The molecule has 51 heavy (non-hydrogen) atoms. The molecule has 1 N–H and O–H groups in total. The summed E-state index contributed by atoms with van der Waals surface area (Å²) in [6, 6.07) is 19.4. The van der Waals surface area contributed by atoms with Gasteiger partial charge in [-0.05, 0) is 123 Å². The molecular weight excluding hydrogens is 720 g/mol. The van der Waals surface area contributed by atoms with E-state index < -0.39 is 0 Å². The minimum atomic E-state index is -0.316. The number of hydrogen-bond acceptors (Lipinski definition) is 6. The SMILES string of the molecule is C=COc1ccc(C(=O)NSC(C)C)cc1N(CC)CC1C(C)CC1C(/C=C/CC)OC(=O)c1ccc(Br)cc1.CCCc1cc(C)ccc1C. The Morgan fingerprint density at radius 2 is 1.75 bits per heavy atom. The fourth-order valence-electron chi connectivity index (χ4n) is 6.33. The van der Waals surface area contributed by atoms with Gasteiger partial charge in [0.25, 0.3) is 5.91 Å². The van der Waals surface area contributed by atoms with E-state index in [1.807, 2.05) is 44.2 Å². The maximum absolute atomic E-state index is 13.0. The number of hydrogen-bond donors (Lipinski definition) is 1. The average molecular weight is 778 g/mol. The highest BCUT2D eigenvalue weighted by atomic mass is 79.9. The number of amides is 1. The molecule has 0 heterocycles. The van der Waals surface area contributed by atoms with Crippen LogP contribution in [-0.4, -0.2) is 36.3 Å². The second-order valence-electron chi connectivity index (χ2n) is 13.5. The molecular formula is C43H57BrN2O4S. The van der Waals surface area contributed by atoms with Crippen LogP contribution in [0.4, 0.5) is 5.69 Å². The van der Waals surface area contributed by atoms with E-state index >= 15 is 0 Å². The van der Waals surface area contributed by atoms with Crippen molar-refractivity contribution in [2.45, 2.75) is 92.4 Å². The molecule has 0 aromatic heterocycles. The Bertz CT molecular complexity index is 1610. The van der Waals surface area contributed by atoms with Gasteiger partial charge < -0.3 is 14.4 Å². The molecule has 6 nitrogen and oxygen atoms in total. The van der Waals surface area contributed by atoms with Crippen LogP contribution in [0.5, 0.6) is 5.75 Å². The van der Waals surface area contributed by atoms with Gasteiger partial charge in [-0.25, -0.2) is 4.79 Å². The molecule has 0 spiro atoms. The molecule has 8 heteroatoms. The lowest BCUT2D eigenvalue weighted by Gasteiger charge is -2.48. The first-order chi connectivity index (χ1) is 24.4. The topological polar surface area (TPSA) is 67.9 Å². The molecule has 1 saturated carbocycles. The number of benzene rings is 3. The van der Waals surface area contributed by atoms with Crippen molar-refractivity contribution < 1.29 is 19.1 Å². The normalized spacial score (nSPS) is 17.2. The molecule has 1 aliphatic rings. The van der Waals surface area contributed by atoms with Crippen molar-refractivity contribution in [1.82, 2.24) is 4.72 Å². The smallest absolute Gasteiger partial charge is 0.338 e. The van der Waals surface area contributed by atoms with Gasteiger partial charge in [0.2, 0.25) is 0 Å². The predicted molar refractivity (Wildman–Crippen MR) is 219 cm³/mol. The van der Waals surface area contributed by atoms with E-state index in [1.165, 1.54) is 47.7 Å². The third-order valence-corrected chi connectivity index (χ3v) is 10.5. The summed E-state index contributed by atoms with van der Waals surface area (Å²) < 4.78 is 15.7. The highest BCUT2D eigenvalue weighted by molar-refractivity contribution is 9.10. The highest BCUT2D eigenvalue weighted by Gasteiger charge is 2.44. The third kappa shape index (κ3) is 12.6. The Hall–Kier alpha value is -3.49. The lowest BCUT2D eigenvalue weighted by atomic mass is 9.63. The number of nitrogens with one attached hydrogen (secondary N) is 1. The van der Waals surface area contributed by atoms with E-state index in [-0.39, 0.29) is 35.1 Å². The molecule has 0 saturated heterocycles. The summed E-state index contributed by atoms with van der Waals surface area (Å²) >= 11 is 4.82. The molecule has 0 bridgehead atoms.